The molecule has 0 aliphatic carbocycles. The van der Waals surface area contributed by atoms with Crippen molar-refractivity contribution in [2.24, 2.45) is 0 Å². The van der Waals surface area contributed by atoms with Crippen LogP contribution >= 0.6 is 0 Å². The number of aromatic nitrogens is 1. The van der Waals surface area contributed by atoms with Crippen molar-refractivity contribution in [2.45, 2.75) is 25.6 Å². The third-order valence-electron chi connectivity index (χ3n) is 3.92. The lowest BCUT2D eigenvalue weighted by molar-refractivity contribution is -0.274. The van der Waals surface area contributed by atoms with Gasteiger partial charge in [0.15, 0.2) is 0 Å². The zero-order chi connectivity index (χ0) is 16.3. The second-order valence-electron chi connectivity index (χ2n) is 5.53. The predicted molar refractivity (Wildman–Crippen MR) is 81.6 cm³/mol. The van der Waals surface area contributed by atoms with Gasteiger partial charge < -0.3 is 9.64 Å². The Morgan fingerprint density at radius 2 is 1.91 bits per heavy atom. The Balaban J connectivity index is 1.72. The van der Waals surface area contributed by atoms with Gasteiger partial charge in [-0.2, -0.15) is 0 Å². The number of halogens is 3. The van der Waals surface area contributed by atoms with Gasteiger partial charge in [-0.15, -0.1) is 13.2 Å². The van der Waals surface area contributed by atoms with Gasteiger partial charge in [-0.1, -0.05) is 0 Å². The van der Waals surface area contributed by atoms with Crippen LogP contribution < -0.4 is 9.64 Å². The monoisotopic (exact) mass is 322 g/mol. The van der Waals surface area contributed by atoms with Crippen LogP contribution in [-0.2, 0) is 12.8 Å². The summed E-state index contributed by atoms with van der Waals surface area (Å²) in [5, 5.41) is 0. The highest BCUT2D eigenvalue weighted by atomic mass is 19.4. The molecule has 0 amide bonds. The standard InChI is InChI=1S/C17H17F3N2O/c18-17(19,20)23-15-3-4-16-14(12-15)2-1-10-22(16)11-7-13-5-8-21-9-6-13/h3-6,8-9,12H,1-2,7,10-11H2. The molecule has 0 atom stereocenters. The molecule has 0 fully saturated rings. The molecule has 0 saturated carbocycles. The van der Waals surface area contributed by atoms with Crippen molar-refractivity contribution >= 4 is 5.69 Å². The van der Waals surface area contributed by atoms with Gasteiger partial charge in [0.25, 0.3) is 0 Å². The molecule has 1 aliphatic heterocycles. The number of benzene rings is 1. The predicted octanol–water partition coefficient (Wildman–Crippen LogP) is 3.98. The number of pyridine rings is 1. The summed E-state index contributed by atoms with van der Waals surface area (Å²) in [7, 11) is 0. The highest BCUT2D eigenvalue weighted by molar-refractivity contribution is 5.58. The Morgan fingerprint density at radius 1 is 1.13 bits per heavy atom. The van der Waals surface area contributed by atoms with Gasteiger partial charge in [-0.05, 0) is 60.7 Å². The molecular formula is C17H17F3N2O. The minimum Gasteiger partial charge on any atom is -0.406 e. The fraction of sp³-hybridized carbons (Fsp3) is 0.353. The van der Waals surface area contributed by atoms with Gasteiger partial charge in [0.05, 0.1) is 0 Å². The lowest BCUT2D eigenvalue weighted by atomic mass is 10.0. The second kappa shape index (κ2) is 6.48. The number of ether oxygens (including phenoxy) is 1. The van der Waals surface area contributed by atoms with Crippen LogP contribution in [0.3, 0.4) is 0 Å². The van der Waals surface area contributed by atoms with E-state index in [1.54, 1.807) is 18.5 Å². The number of alkyl halides is 3. The fourth-order valence-corrected chi connectivity index (χ4v) is 2.89. The zero-order valence-electron chi connectivity index (χ0n) is 12.5. The van der Waals surface area contributed by atoms with Gasteiger partial charge in [0, 0.05) is 31.2 Å². The van der Waals surface area contributed by atoms with Crippen LogP contribution in [-0.4, -0.2) is 24.4 Å². The quantitative estimate of drug-likeness (QED) is 0.851. The topological polar surface area (TPSA) is 25.4 Å². The van der Waals surface area contributed by atoms with E-state index >= 15 is 0 Å². The highest BCUT2D eigenvalue weighted by Gasteiger charge is 2.31. The summed E-state index contributed by atoms with van der Waals surface area (Å²) in [6.45, 7) is 1.74. The molecule has 0 unspecified atom stereocenters. The number of hydrogen-bond donors (Lipinski definition) is 0. The Labute approximate surface area is 132 Å². The molecule has 6 heteroatoms. The zero-order valence-corrected chi connectivity index (χ0v) is 12.5. The maximum Gasteiger partial charge on any atom is 0.573 e. The molecule has 0 spiro atoms. The molecule has 1 aromatic heterocycles. The molecule has 23 heavy (non-hydrogen) atoms. The normalized spacial score (nSPS) is 14.5. The van der Waals surface area contributed by atoms with Gasteiger partial charge >= 0.3 is 6.36 Å². The van der Waals surface area contributed by atoms with Crippen molar-refractivity contribution in [1.29, 1.82) is 0 Å². The van der Waals surface area contributed by atoms with Crippen molar-refractivity contribution in [1.82, 2.24) is 4.98 Å². The summed E-state index contributed by atoms with van der Waals surface area (Å²) >= 11 is 0. The molecular weight excluding hydrogens is 305 g/mol. The van der Waals surface area contributed by atoms with E-state index in [4.69, 9.17) is 0 Å². The van der Waals surface area contributed by atoms with Gasteiger partial charge in [0.2, 0.25) is 0 Å². The molecule has 0 saturated heterocycles. The molecule has 3 rings (SSSR count). The Kier molecular flexibility index (Phi) is 4.41. The highest BCUT2D eigenvalue weighted by Crippen LogP contribution is 2.32. The van der Waals surface area contributed by atoms with E-state index in [2.05, 4.69) is 14.6 Å². The SMILES string of the molecule is FC(F)(F)Oc1ccc2c(c1)CCCN2CCc1ccncc1. The number of aryl methyl sites for hydroxylation is 1. The minimum atomic E-state index is -4.65. The maximum absolute atomic E-state index is 12.3. The van der Waals surface area contributed by atoms with Gasteiger partial charge in [-0.3, -0.25) is 4.98 Å². The third kappa shape index (κ3) is 4.15. The first-order valence-corrected chi connectivity index (χ1v) is 7.54. The van der Waals surface area contributed by atoms with E-state index in [1.165, 1.54) is 17.7 Å². The minimum absolute atomic E-state index is 0.146. The first-order chi connectivity index (χ1) is 11.0. The lowest BCUT2D eigenvalue weighted by Gasteiger charge is -2.31. The molecule has 0 N–H and O–H groups in total. The largest absolute Gasteiger partial charge is 0.573 e. The fourth-order valence-electron chi connectivity index (χ4n) is 2.89. The van der Waals surface area contributed by atoms with Gasteiger partial charge in [0.1, 0.15) is 5.75 Å². The van der Waals surface area contributed by atoms with E-state index in [9.17, 15) is 13.2 Å². The number of fused-ring (bicyclic) bond motifs is 1. The smallest absolute Gasteiger partial charge is 0.406 e. The van der Waals surface area contributed by atoms with Crippen molar-refractivity contribution in [2.75, 3.05) is 18.0 Å². The van der Waals surface area contributed by atoms with Crippen molar-refractivity contribution in [3.05, 3.63) is 53.9 Å². The van der Waals surface area contributed by atoms with Crippen LogP contribution in [0.4, 0.5) is 18.9 Å². The number of nitrogens with zero attached hydrogens (tertiary/aromatic N) is 2. The van der Waals surface area contributed by atoms with E-state index in [0.717, 1.165) is 43.6 Å². The van der Waals surface area contributed by atoms with Crippen LogP contribution in [0.5, 0.6) is 5.75 Å². The van der Waals surface area contributed by atoms with E-state index in [0.29, 0.717) is 0 Å². The summed E-state index contributed by atoms with van der Waals surface area (Å²) in [6, 6.07) is 8.57. The summed E-state index contributed by atoms with van der Waals surface area (Å²) in [5.41, 5.74) is 3.11. The molecule has 122 valence electrons. The van der Waals surface area contributed by atoms with Crippen LogP contribution in [0.25, 0.3) is 0 Å². The Morgan fingerprint density at radius 3 is 2.65 bits per heavy atom. The molecule has 1 aliphatic rings. The second-order valence-corrected chi connectivity index (χ2v) is 5.53. The summed E-state index contributed by atoms with van der Waals surface area (Å²) < 4.78 is 41.0. The first-order valence-electron chi connectivity index (χ1n) is 7.54. The average Bonchev–Trinajstić information content (AvgIpc) is 2.52. The molecule has 2 aromatic rings. The Bertz CT molecular complexity index is 659. The number of rotatable bonds is 4. The van der Waals surface area contributed by atoms with Crippen molar-refractivity contribution in [3.63, 3.8) is 0 Å². The molecule has 2 heterocycles. The van der Waals surface area contributed by atoms with Gasteiger partial charge in [-0.25, -0.2) is 0 Å². The van der Waals surface area contributed by atoms with E-state index in [1.807, 2.05) is 12.1 Å². The van der Waals surface area contributed by atoms with Crippen molar-refractivity contribution < 1.29 is 17.9 Å². The van der Waals surface area contributed by atoms with Crippen LogP contribution in [0, 0.1) is 0 Å². The maximum atomic E-state index is 12.3. The molecule has 1 aromatic carbocycles. The molecule has 0 radical (unpaired) electrons. The summed E-state index contributed by atoms with van der Waals surface area (Å²) in [5.74, 6) is -0.146. The molecule has 3 nitrogen and oxygen atoms in total. The van der Waals surface area contributed by atoms with Crippen LogP contribution in [0.2, 0.25) is 0 Å². The number of anilines is 1. The third-order valence-corrected chi connectivity index (χ3v) is 3.92. The first kappa shape index (κ1) is 15.6. The van der Waals surface area contributed by atoms with E-state index in [-0.39, 0.29) is 5.75 Å². The van der Waals surface area contributed by atoms with Crippen LogP contribution in [0.1, 0.15) is 17.5 Å². The van der Waals surface area contributed by atoms with Crippen molar-refractivity contribution in [3.8, 4) is 5.75 Å². The average molecular weight is 322 g/mol. The summed E-state index contributed by atoms with van der Waals surface area (Å²) in [6.07, 6.45) is 1.46. The number of hydrogen-bond acceptors (Lipinski definition) is 3. The lowest BCUT2D eigenvalue weighted by Crippen LogP contribution is -2.31. The summed E-state index contributed by atoms with van der Waals surface area (Å²) in [4.78, 5) is 6.21. The van der Waals surface area contributed by atoms with Crippen LogP contribution in [0.15, 0.2) is 42.7 Å². The Hall–Kier alpha value is -2.24. The van der Waals surface area contributed by atoms with E-state index < -0.39 is 6.36 Å². The molecule has 0 bridgehead atoms.